The molecule has 2 aromatic heterocycles. The van der Waals surface area contributed by atoms with Gasteiger partial charge in [-0.3, -0.25) is 14.7 Å². The molecule has 0 saturated carbocycles. The van der Waals surface area contributed by atoms with Crippen LogP contribution in [0.2, 0.25) is 0 Å². The number of ether oxygens (including phenoxy) is 1. The fraction of sp³-hybridized carbons (Fsp3) is 0.273. The maximum absolute atomic E-state index is 14.3. The standard InChI is InChI=1S/C22H17F4N5O3/c23-17-9-14(1-2-16(17)22(24,25)26)31-19(13-3-5-27-6-4-13)10-18(28-31)20(32)29-7-8-30-15(11-29)12-34-21(30)33/h1-6,9-10,15H,7-8,11-12H2. The first-order chi connectivity index (χ1) is 16.2. The van der Waals surface area contributed by atoms with Crippen LogP contribution in [-0.4, -0.2) is 68.8 Å². The Labute approximate surface area is 190 Å². The van der Waals surface area contributed by atoms with E-state index in [1.165, 1.54) is 23.1 Å². The van der Waals surface area contributed by atoms with Crippen molar-refractivity contribution in [3.63, 3.8) is 0 Å². The number of carbonyl (C=O) groups excluding carboxylic acids is 2. The van der Waals surface area contributed by atoms with E-state index in [1.54, 1.807) is 21.9 Å². The second-order valence-electron chi connectivity index (χ2n) is 7.90. The molecule has 4 heterocycles. The quantitative estimate of drug-likeness (QED) is 0.543. The van der Waals surface area contributed by atoms with E-state index in [2.05, 4.69) is 10.1 Å². The first kappa shape index (κ1) is 21.9. The fourth-order valence-electron chi connectivity index (χ4n) is 4.11. The van der Waals surface area contributed by atoms with Crippen LogP contribution in [-0.2, 0) is 10.9 Å². The monoisotopic (exact) mass is 475 g/mol. The molecule has 176 valence electrons. The smallest absolute Gasteiger partial charge is 0.419 e. The predicted octanol–water partition coefficient (Wildman–Crippen LogP) is 3.37. The van der Waals surface area contributed by atoms with Crippen molar-refractivity contribution in [3.05, 3.63) is 65.9 Å². The number of piperazine rings is 1. The number of pyridine rings is 1. The molecule has 0 N–H and O–H groups in total. The Hall–Kier alpha value is -3.96. The molecule has 34 heavy (non-hydrogen) atoms. The molecular formula is C22H17F4N5O3. The molecule has 1 atom stereocenters. The van der Waals surface area contributed by atoms with E-state index in [0.717, 1.165) is 12.1 Å². The van der Waals surface area contributed by atoms with Gasteiger partial charge in [0.1, 0.15) is 12.4 Å². The van der Waals surface area contributed by atoms with Gasteiger partial charge in [0.05, 0.1) is 23.0 Å². The number of alkyl halides is 3. The summed E-state index contributed by atoms with van der Waals surface area (Å²) in [5.41, 5.74) is -0.373. The van der Waals surface area contributed by atoms with E-state index in [-0.39, 0.29) is 37.1 Å². The first-order valence-corrected chi connectivity index (χ1v) is 10.3. The number of benzene rings is 1. The molecule has 0 radical (unpaired) electrons. The normalized spacial score (nSPS) is 18.1. The number of hydrogen-bond acceptors (Lipinski definition) is 5. The minimum Gasteiger partial charge on any atom is -0.447 e. The van der Waals surface area contributed by atoms with Gasteiger partial charge in [-0.1, -0.05) is 0 Å². The van der Waals surface area contributed by atoms with Crippen molar-refractivity contribution in [1.29, 1.82) is 0 Å². The number of cyclic esters (lactones) is 1. The van der Waals surface area contributed by atoms with Crippen molar-refractivity contribution >= 4 is 12.0 Å². The molecule has 2 saturated heterocycles. The van der Waals surface area contributed by atoms with E-state index in [1.807, 2.05) is 0 Å². The van der Waals surface area contributed by atoms with Crippen LogP contribution in [0.5, 0.6) is 0 Å². The van der Waals surface area contributed by atoms with Crippen LogP contribution < -0.4 is 0 Å². The van der Waals surface area contributed by atoms with E-state index in [9.17, 15) is 27.2 Å². The number of halogens is 4. The first-order valence-electron chi connectivity index (χ1n) is 10.3. The van der Waals surface area contributed by atoms with Gasteiger partial charge in [0.2, 0.25) is 0 Å². The molecule has 5 rings (SSSR count). The molecule has 2 aliphatic heterocycles. The largest absolute Gasteiger partial charge is 0.447 e. The molecule has 0 spiro atoms. The Kier molecular flexibility index (Phi) is 5.22. The summed E-state index contributed by atoms with van der Waals surface area (Å²) in [7, 11) is 0. The molecule has 3 aromatic rings. The van der Waals surface area contributed by atoms with E-state index >= 15 is 0 Å². The SMILES string of the molecule is O=C(c1cc(-c2ccncc2)n(-c2ccc(C(F)(F)F)c(F)c2)n1)N1CCN2C(=O)OCC2C1. The summed E-state index contributed by atoms with van der Waals surface area (Å²) in [4.78, 5) is 32.0. The summed E-state index contributed by atoms with van der Waals surface area (Å²) in [6, 6.07) is 6.99. The third-order valence-electron chi connectivity index (χ3n) is 5.81. The Morgan fingerprint density at radius 1 is 1.09 bits per heavy atom. The number of hydrogen-bond donors (Lipinski definition) is 0. The maximum Gasteiger partial charge on any atom is 0.419 e. The van der Waals surface area contributed by atoms with Crippen molar-refractivity contribution in [2.75, 3.05) is 26.2 Å². The molecule has 0 bridgehead atoms. The highest BCUT2D eigenvalue weighted by Crippen LogP contribution is 2.33. The molecule has 2 aliphatic rings. The lowest BCUT2D eigenvalue weighted by atomic mass is 10.1. The lowest BCUT2D eigenvalue weighted by molar-refractivity contribution is -0.140. The van der Waals surface area contributed by atoms with Gasteiger partial charge in [0.15, 0.2) is 5.69 Å². The van der Waals surface area contributed by atoms with Gasteiger partial charge in [-0.05, 0) is 30.3 Å². The Balaban J connectivity index is 1.51. The fourth-order valence-corrected chi connectivity index (χ4v) is 4.11. The number of carbonyl (C=O) groups is 2. The number of rotatable bonds is 3. The number of nitrogens with zero attached hydrogens (tertiary/aromatic N) is 5. The van der Waals surface area contributed by atoms with Crippen LogP contribution in [0, 0.1) is 5.82 Å². The van der Waals surface area contributed by atoms with Crippen molar-refractivity contribution < 1.29 is 31.9 Å². The van der Waals surface area contributed by atoms with Gasteiger partial charge >= 0.3 is 12.3 Å². The molecule has 1 unspecified atom stereocenters. The van der Waals surface area contributed by atoms with E-state index in [4.69, 9.17) is 4.74 Å². The second kappa shape index (κ2) is 8.12. The van der Waals surface area contributed by atoms with Gasteiger partial charge < -0.3 is 9.64 Å². The van der Waals surface area contributed by atoms with Gasteiger partial charge in [0, 0.05) is 43.7 Å². The molecule has 8 nitrogen and oxygen atoms in total. The zero-order chi connectivity index (χ0) is 24.0. The highest BCUT2D eigenvalue weighted by molar-refractivity contribution is 5.94. The van der Waals surface area contributed by atoms with Gasteiger partial charge in [-0.2, -0.15) is 18.3 Å². The third kappa shape index (κ3) is 3.84. The number of amides is 2. The Bertz CT molecular complexity index is 1260. The van der Waals surface area contributed by atoms with Crippen LogP contribution in [0.3, 0.4) is 0 Å². The number of aromatic nitrogens is 3. The minimum absolute atomic E-state index is 0.0240. The summed E-state index contributed by atoms with van der Waals surface area (Å²) < 4.78 is 59.6. The topological polar surface area (TPSA) is 80.6 Å². The maximum atomic E-state index is 14.3. The summed E-state index contributed by atoms with van der Waals surface area (Å²) in [5, 5.41) is 4.31. The predicted molar refractivity (Wildman–Crippen MR) is 110 cm³/mol. The molecular weight excluding hydrogens is 458 g/mol. The summed E-state index contributed by atoms with van der Waals surface area (Å²) in [6.45, 7) is 1.04. The van der Waals surface area contributed by atoms with E-state index < -0.39 is 29.6 Å². The zero-order valence-electron chi connectivity index (χ0n) is 17.5. The molecule has 2 fully saturated rings. The van der Waals surface area contributed by atoms with Gasteiger partial charge in [-0.25, -0.2) is 13.9 Å². The lowest BCUT2D eigenvalue weighted by Gasteiger charge is -2.34. The minimum atomic E-state index is -4.84. The third-order valence-corrected chi connectivity index (χ3v) is 5.81. The molecule has 12 heteroatoms. The average molecular weight is 475 g/mol. The van der Waals surface area contributed by atoms with Crippen LogP contribution in [0.15, 0.2) is 48.8 Å². The van der Waals surface area contributed by atoms with Gasteiger partial charge in [0.25, 0.3) is 5.91 Å². The van der Waals surface area contributed by atoms with Crippen LogP contribution in [0.4, 0.5) is 22.4 Å². The van der Waals surface area contributed by atoms with Crippen LogP contribution in [0.25, 0.3) is 16.9 Å². The molecule has 0 aliphatic carbocycles. The highest BCUT2D eigenvalue weighted by Gasteiger charge is 2.39. The van der Waals surface area contributed by atoms with Crippen molar-refractivity contribution in [2.24, 2.45) is 0 Å². The average Bonchev–Trinajstić information content (AvgIpc) is 3.42. The number of fused-ring (bicyclic) bond motifs is 1. The summed E-state index contributed by atoms with van der Waals surface area (Å²) in [5.74, 6) is -1.86. The second-order valence-corrected chi connectivity index (χ2v) is 7.90. The Morgan fingerprint density at radius 3 is 2.56 bits per heavy atom. The van der Waals surface area contributed by atoms with Gasteiger partial charge in [-0.15, -0.1) is 0 Å². The highest BCUT2D eigenvalue weighted by atomic mass is 19.4. The zero-order valence-corrected chi connectivity index (χ0v) is 17.5. The molecule has 1 aromatic carbocycles. The van der Waals surface area contributed by atoms with Crippen molar-refractivity contribution in [2.45, 2.75) is 12.2 Å². The molecule has 2 amide bonds. The van der Waals surface area contributed by atoms with Crippen LogP contribution >= 0.6 is 0 Å². The summed E-state index contributed by atoms with van der Waals surface area (Å²) in [6.07, 6.45) is -2.23. The van der Waals surface area contributed by atoms with Crippen LogP contribution in [0.1, 0.15) is 16.1 Å². The lowest BCUT2D eigenvalue weighted by Crippen LogP contribution is -2.53. The van der Waals surface area contributed by atoms with Crippen molar-refractivity contribution in [1.82, 2.24) is 24.6 Å². The Morgan fingerprint density at radius 2 is 1.85 bits per heavy atom. The summed E-state index contributed by atoms with van der Waals surface area (Å²) >= 11 is 0. The van der Waals surface area contributed by atoms with E-state index in [0.29, 0.717) is 23.9 Å². The van der Waals surface area contributed by atoms with Crippen molar-refractivity contribution in [3.8, 4) is 16.9 Å².